The van der Waals surface area contributed by atoms with Gasteiger partial charge in [0, 0.05) is 0 Å². The molecule has 0 aliphatic heterocycles. The van der Waals surface area contributed by atoms with Gasteiger partial charge in [0.15, 0.2) is 0 Å². The maximum absolute atomic E-state index is 9.57. The molecule has 1 unspecified atom stereocenters. The third kappa shape index (κ3) is 3.96. The molecular weight excluding hydrogens is 64.0 g/mol. The molecule has 0 aliphatic carbocycles. The predicted octanol–water partition coefficient (Wildman–Crippen LogP) is 0.887. The smallest absolute Gasteiger partial charge is 0.0847 e. The lowest BCUT2D eigenvalue weighted by Crippen LogP contribution is -1.89. The van der Waals surface area contributed by atoms with E-state index in [1.54, 1.807) is 6.92 Å². The lowest BCUT2D eigenvalue weighted by molar-refractivity contribution is 0.167. The van der Waals surface area contributed by atoms with Gasteiger partial charge in [0.1, 0.15) is 0 Å². The minimum absolute atomic E-state index is 0.0556. The molecule has 5 heavy (non-hydrogen) atoms. The molecule has 1 heteroatoms. The van der Waals surface area contributed by atoms with Gasteiger partial charge in [-0.3, -0.25) is 0 Å². The molecule has 30 valence electrons. The van der Waals surface area contributed by atoms with Crippen LogP contribution >= 0.6 is 0 Å². The van der Waals surface area contributed by atoms with E-state index < -0.39 is 0 Å². The SMILES string of the molecule is [CH2]C(C)C[O]. The van der Waals surface area contributed by atoms with Gasteiger partial charge in [-0.15, -0.1) is 0 Å². The molecule has 0 aromatic rings. The second-order valence-corrected chi connectivity index (χ2v) is 1.27. The Bertz CT molecular complexity index is 17.6. The van der Waals surface area contributed by atoms with Gasteiger partial charge in [-0.05, 0) is 12.8 Å². The largest absolute Gasteiger partial charge is 0.236 e. The molecule has 0 aliphatic rings. The molecule has 0 fully saturated rings. The van der Waals surface area contributed by atoms with Crippen molar-refractivity contribution in [3.8, 4) is 0 Å². The Kier molecular flexibility index (Phi) is 2.19. The molecular formula is C4H8O. The minimum Gasteiger partial charge on any atom is -0.236 e. The molecule has 0 saturated heterocycles. The normalized spacial score (nSPS) is 9.60. The number of hydrogen-bond acceptors (Lipinski definition) is 0. The lowest BCUT2D eigenvalue weighted by Gasteiger charge is -1.87. The maximum Gasteiger partial charge on any atom is 0.0847 e. The molecule has 2 radical (unpaired) electrons. The van der Waals surface area contributed by atoms with Gasteiger partial charge in [0.2, 0.25) is 0 Å². The van der Waals surface area contributed by atoms with Crippen LogP contribution in [0.15, 0.2) is 0 Å². The van der Waals surface area contributed by atoms with Crippen molar-refractivity contribution in [2.24, 2.45) is 5.92 Å². The summed E-state index contributed by atoms with van der Waals surface area (Å²) in [6, 6.07) is 0. The Hall–Kier alpha value is -0.0400. The predicted molar refractivity (Wildman–Crippen MR) is 20.1 cm³/mol. The fourth-order valence-electron chi connectivity index (χ4n) is 0. The summed E-state index contributed by atoms with van der Waals surface area (Å²) in [4.78, 5) is 0. The van der Waals surface area contributed by atoms with Crippen molar-refractivity contribution in [2.45, 2.75) is 6.92 Å². The summed E-state index contributed by atoms with van der Waals surface area (Å²) in [5.41, 5.74) is 0. The topological polar surface area (TPSA) is 19.9 Å². The van der Waals surface area contributed by atoms with Crippen molar-refractivity contribution in [3.63, 3.8) is 0 Å². The van der Waals surface area contributed by atoms with Crippen molar-refractivity contribution in [3.05, 3.63) is 6.92 Å². The Balaban J connectivity index is 2.54. The summed E-state index contributed by atoms with van der Waals surface area (Å²) in [6.07, 6.45) is 0. The summed E-state index contributed by atoms with van der Waals surface area (Å²) in [5.74, 6) is 0.0787. The molecule has 0 spiro atoms. The monoisotopic (exact) mass is 72.1 g/mol. The van der Waals surface area contributed by atoms with Gasteiger partial charge in [-0.2, -0.15) is 0 Å². The van der Waals surface area contributed by atoms with Gasteiger partial charge >= 0.3 is 0 Å². The van der Waals surface area contributed by atoms with Crippen molar-refractivity contribution in [1.82, 2.24) is 0 Å². The zero-order chi connectivity index (χ0) is 4.28. The van der Waals surface area contributed by atoms with Crippen LogP contribution in [0.1, 0.15) is 6.92 Å². The average molecular weight is 72.1 g/mol. The Morgan fingerprint density at radius 1 is 2.00 bits per heavy atom. The quantitative estimate of drug-likeness (QED) is 0.438. The van der Waals surface area contributed by atoms with E-state index >= 15 is 0 Å². The summed E-state index contributed by atoms with van der Waals surface area (Å²) < 4.78 is 0. The molecule has 0 aromatic heterocycles. The molecule has 0 N–H and O–H groups in total. The molecule has 0 saturated carbocycles. The maximum atomic E-state index is 9.57. The second-order valence-electron chi connectivity index (χ2n) is 1.27. The van der Waals surface area contributed by atoms with Crippen molar-refractivity contribution >= 4 is 0 Å². The molecule has 0 rings (SSSR count). The van der Waals surface area contributed by atoms with Crippen LogP contribution in [0.5, 0.6) is 0 Å². The van der Waals surface area contributed by atoms with E-state index in [0.717, 1.165) is 0 Å². The molecule has 0 amide bonds. The molecule has 1 atom stereocenters. The van der Waals surface area contributed by atoms with Gasteiger partial charge in [0.25, 0.3) is 0 Å². The van der Waals surface area contributed by atoms with Crippen molar-refractivity contribution < 1.29 is 5.11 Å². The Morgan fingerprint density at radius 2 is 2.20 bits per heavy atom. The van der Waals surface area contributed by atoms with Crippen molar-refractivity contribution in [2.75, 3.05) is 6.61 Å². The molecule has 0 heterocycles. The summed E-state index contributed by atoms with van der Waals surface area (Å²) in [7, 11) is 0. The van der Waals surface area contributed by atoms with E-state index in [1.165, 1.54) is 0 Å². The first-order valence-electron chi connectivity index (χ1n) is 1.68. The zero-order valence-electron chi connectivity index (χ0n) is 3.40. The summed E-state index contributed by atoms with van der Waals surface area (Å²) in [6.45, 7) is 5.19. The fourth-order valence-corrected chi connectivity index (χ4v) is 0. The highest BCUT2D eigenvalue weighted by Gasteiger charge is 1.83. The van der Waals surface area contributed by atoms with Crippen LogP contribution in [0.25, 0.3) is 0 Å². The average Bonchev–Trinajstić information content (AvgIpc) is 1.38. The highest BCUT2D eigenvalue weighted by Crippen LogP contribution is 1.83. The molecule has 0 bridgehead atoms. The Morgan fingerprint density at radius 3 is 2.20 bits per heavy atom. The van der Waals surface area contributed by atoms with Crippen LogP contribution in [0, 0.1) is 12.8 Å². The number of rotatable bonds is 1. The van der Waals surface area contributed by atoms with E-state index in [4.69, 9.17) is 0 Å². The summed E-state index contributed by atoms with van der Waals surface area (Å²) in [5, 5.41) is 9.57. The lowest BCUT2D eigenvalue weighted by atomic mass is 10.2. The highest BCUT2D eigenvalue weighted by atomic mass is 16.3. The fraction of sp³-hybridized carbons (Fsp3) is 0.750. The number of hydrogen-bond donors (Lipinski definition) is 0. The van der Waals surface area contributed by atoms with Gasteiger partial charge in [0.05, 0.1) is 6.61 Å². The second kappa shape index (κ2) is 2.21. The van der Waals surface area contributed by atoms with Crippen molar-refractivity contribution in [1.29, 1.82) is 0 Å². The first-order chi connectivity index (χ1) is 2.27. The highest BCUT2D eigenvalue weighted by molar-refractivity contribution is 4.46. The van der Waals surface area contributed by atoms with Crippen LogP contribution in [-0.4, -0.2) is 6.61 Å². The van der Waals surface area contributed by atoms with E-state index in [1.807, 2.05) is 0 Å². The van der Waals surface area contributed by atoms with Gasteiger partial charge in [-0.25, -0.2) is 5.11 Å². The van der Waals surface area contributed by atoms with Crippen LogP contribution in [0.2, 0.25) is 0 Å². The summed E-state index contributed by atoms with van der Waals surface area (Å²) >= 11 is 0. The van der Waals surface area contributed by atoms with E-state index in [0.29, 0.717) is 0 Å². The van der Waals surface area contributed by atoms with Gasteiger partial charge < -0.3 is 0 Å². The minimum atomic E-state index is -0.0556. The van der Waals surface area contributed by atoms with E-state index in [-0.39, 0.29) is 12.5 Å². The molecule has 0 aromatic carbocycles. The van der Waals surface area contributed by atoms with Crippen LogP contribution in [-0.2, 0) is 5.11 Å². The van der Waals surface area contributed by atoms with E-state index in [2.05, 4.69) is 6.92 Å². The van der Waals surface area contributed by atoms with Crippen LogP contribution < -0.4 is 0 Å². The van der Waals surface area contributed by atoms with Crippen LogP contribution in [0.4, 0.5) is 0 Å². The molecule has 1 nitrogen and oxygen atoms in total. The third-order valence-corrected chi connectivity index (χ3v) is 0.285. The zero-order valence-corrected chi connectivity index (χ0v) is 3.40. The third-order valence-electron chi connectivity index (χ3n) is 0.285. The van der Waals surface area contributed by atoms with Gasteiger partial charge in [-0.1, -0.05) is 6.92 Å². The van der Waals surface area contributed by atoms with E-state index in [9.17, 15) is 5.11 Å². The first-order valence-corrected chi connectivity index (χ1v) is 1.68. The Labute approximate surface area is 32.6 Å². The standard InChI is InChI=1S/C4H8O/c1-4(2)3-5/h4H,1,3H2,2H3. The van der Waals surface area contributed by atoms with Crippen LogP contribution in [0.3, 0.4) is 0 Å². The first kappa shape index (κ1) is 4.96.